The normalized spacial score (nSPS) is 10.5. The van der Waals surface area contributed by atoms with Gasteiger partial charge in [0.05, 0.1) is 12.6 Å². The summed E-state index contributed by atoms with van der Waals surface area (Å²) in [6.45, 7) is 0.123. The molecule has 0 atom stereocenters. The highest BCUT2D eigenvalue weighted by Crippen LogP contribution is 2.17. The first kappa shape index (κ1) is 14.8. The van der Waals surface area contributed by atoms with Crippen LogP contribution in [0.5, 0.6) is 5.75 Å². The lowest BCUT2D eigenvalue weighted by Gasteiger charge is -2.11. The Labute approximate surface area is 133 Å². The van der Waals surface area contributed by atoms with E-state index in [9.17, 15) is 9.59 Å². The lowest BCUT2D eigenvalue weighted by atomic mass is 10.2. The molecule has 0 saturated heterocycles. The number of rotatable bonds is 4. The SMILES string of the molecule is COc1cccc(NC(=O)Cn2ccc(=O)c3ccccc32)c1. The predicted molar refractivity (Wildman–Crippen MR) is 89.8 cm³/mol. The van der Waals surface area contributed by atoms with E-state index >= 15 is 0 Å². The number of aromatic nitrogens is 1. The molecule has 1 aromatic heterocycles. The Balaban J connectivity index is 1.83. The van der Waals surface area contributed by atoms with Gasteiger partial charge in [-0.15, -0.1) is 0 Å². The summed E-state index contributed by atoms with van der Waals surface area (Å²) in [6, 6.07) is 15.9. The summed E-state index contributed by atoms with van der Waals surface area (Å²) in [4.78, 5) is 24.1. The standard InChI is InChI=1S/C18H16N2O3/c1-23-14-6-4-5-13(11-14)19-18(22)12-20-10-9-17(21)15-7-2-3-8-16(15)20/h2-11H,12H2,1H3,(H,19,22). The van der Waals surface area contributed by atoms with Crippen molar-refractivity contribution >= 4 is 22.5 Å². The third kappa shape index (κ3) is 3.23. The Kier molecular flexibility index (Phi) is 4.10. The fourth-order valence-electron chi connectivity index (χ4n) is 2.45. The number of carbonyl (C=O) groups is 1. The number of carbonyl (C=O) groups excluding carboxylic acids is 1. The van der Waals surface area contributed by atoms with Crippen molar-refractivity contribution < 1.29 is 9.53 Å². The van der Waals surface area contributed by atoms with Gasteiger partial charge in [-0.05, 0) is 24.3 Å². The topological polar surface area (TPSA) is 60.3 Å². The van der Waals surface area contributed by atoms with Crippen LogP contribution in [0.25, 0.3) is 10.9 Å². The number of nitrogens with one attached hydrogen (secondary N) is 1. The van der Waals surface area contributed by atoms with Crippen molar-refractivity contribution in [1.82, 2.24) is 4.57 Å². The van der Waals surface area contributed by atoms with E-state index in [2.05, 4.69) is 5.32 Å². The Morgan fingerprint density at radius 1 is 1.13 bits per heavy atom. The zero-order chi connectivity index (χ0) is 16.2. The number of methoxy groups -OCH3 is 1. The summed E-state index contributed by atoms with van der Waals surface area (Å²) >= 11 is 0. The summed E-state index contributed by atoms with van der Waals surface area (Å²) < 4.78 is 6.89. The minimum Gasteiger partial charge on any atom is -0.497 e. The summed E-state index contributed by atoms with van der Waals surface area (Å²) in [5.74, 6) is 0.503. The fourth-order valence-corrected chi connectivity index (χ4v) is 2.45. The number of anilines is 1. The highest BCUT2D eigenvalue weighted by atomic mass is 16.5. The lowest BCUT2D eigenvalue weighted by Crippen LogP contribution is -2.20. The van der Waals surface area contributed by atoms with Gasteiger partial charge in [0.25, 0.3) is 0 Å². The van der Waals surface area contributed by atoms with Gasteiger partial charge in [0.2, 0.25) is 5.91 Å². The molecule has 23 heavy (non-hydrogen) atoms. The molecule has 0 fully saturated rings. The molecule has 0 aliphatic carbocycles. The van der Waals surface area contributed by atoms with Crippen LogP contribution in [0.4, 0.5) is 5.69 Å². The highest BCUT2D eigenvalue weighted by molar-refractivity contribution is 5.92. The number of benzene rings is 2. The van der Waals surface area contributed by atoms with Gasteiger partial charge in [0, 0.05) is 29.4 Å². The van der Waals surface area contributed by atoms with Crippen LogP contribution in [0.1, 0.15) is 0 Å². The van der Waals surface area contributed by atoms with Gasteiger partial charge in [0.1, 0.15) is 12.3 Å². The third-order valence-corrected chi connectivity index (χ3v) is 3.55. The molecule has 5 nitrogen and oxygen atoms in total. The molecule has 5 heteroatoms. The van der Waals surface area contributed by atoms with Crippen LogP contribution in [0.15, 0.2) is 65.6 Å². The van der Waals surface area contributed by atoms with Crippen molar-refractivity contribution in [3.63, 3.8) is 0 Å². The van der Waals surface area contributed by atoms with Gasteiger partial charge in [-0.3, -0.25) is 9.59 Å². The van der Waals surface area contributed by atoms with Crippen LogP contribution in [0.2, 0.25) is 0 Å². The van der Waals surface area contributed by atoms with Crippen molar-refractivity contribution in [3.8, 4) is 5.75 Å². The molecule has 1 N–H and O–H groups in total. The van der Waals surface area contributed by atoms with E-state index in [0.717, 1.165) is 5.52 Å². The third-order valence-electron chi connectivity index (χ3n) is 3.55. The molecule has 2 aromatic carbocycles. The van der Waals surface area contributed by atoms with E-state index in [1.165, 1.54) is 6.07 Å². The van der Waals surface area contributed by atoms with Gasteiger partial charge < -0.3 is 14.6 Å². The van der Waals surface area contributed by atoms with Gasteiger partial charge >= 0.3 is 0 Å². The van der Waals surface area contributed by atoms with Crippen molar-refractivity contribution in [2.24, 2.45) is 0 Å². The quantitative estimate of drug-likeness (QED) is 0.806. The average molecular weight is 308 g/mol. The molecule has 0 saturated carbocycles. The Morgan fingerprint density at radius 2 is 1.96 bits per heavy atom. The maximum atomic E-state index is 12.3. The van der Waals surface area contributed by atoms with Crippen molar-refractivity contribution in [2.75, 3.05) is 12.4 Å². The number of pyridine rings is 1. The molecular weight excluding hydrogens is 292 g/mol. The molecule has 0 aliphatic heterocycles. The number of hydrogen-bond donors (Lipinski definition) is 1. The first-order valence-electron chi connectivity index (χ1n) is 7.19. The van der Waals surface area contributed by atoms with Gasteiger partial charge in [0.15, 0.2) is 5.43 Å². The maximum absolute atomic E-state index is 12.3. The first-order chi connectivity index (χ1) is 11.2. The summed E-state index contributed by atoms with van der Waals surface area (Å²) in [5, 5.41) is 3.43. The number of ether oxygens (including phenoxy) is 1. The van der Waals surface area contributed by atoms with Crippen molar-refractivity contribution in [2.45, 2.75) is 6.54 Å². The number of fused-ring (bicyclic) bond motifs is 1. The smallest absolute Gasteiger partial charge is 0.244 e. The molecule has 1 heterocycles. The Bertz CT molecular complexity index is 915. The molecule has 0 spiro atoms. The van der Waals surface area contributed by atoms with Gasteiger partial charge in [-0.1, -0.05) is 18.2 Å². The second kappa shape index (κ2) is 6.36. The van der Waals surface area contributed by atoms with Gasteiger partial charge in [-0.25, -0.2) is 0 Å². The first-order valence-corrected chi connectivity index (χ1v) is 7.19. The second-order valence-electron chi connectivity index (χ2n) is 5.11. The van der Waals surface area contributed by atoms with E-state index < -0.39 is 0 Å². The molecule has 3 aromatic rings. The monoisotopic (exact) mass is 308 g/mol. The molecule has 116 valence electrons. The number of hydrogen-bond acceptors (Lipinski definition) is 3. The molecule has 0 aliphatic rings. The largest absolute Gasteiger partial charge is 0.497 e. The summed E-state index contributed by atoms with van der Waals surface area (Å²) in [6.07, 6.45) is 1.63. The second-order valence-corrected chi connectivity index (χ2v) is 5.11. The van der Waals surface area contributed by atoms with E-state index in [-0.39, 0.29) is 17.9 Å². The minimum absolute atomic E-state index is 0.0509. The molecule has 1 amide bonds. The van der Waals surface area contributed by atoms with Gasteiger partial charge in [-0.2, -0.15) is 0 Å². The van der Waals surface area contributed by atoms with Crippen LogP contribution < -0.4 is 15.5 Å². The van der Waals surface area contributed by atoms with Crippen molar-refractivity contribution in [3.05, 3.63) is 71.0 Å². The molecule has 0 unspecified atom stereocenters. The van der Waals surface area contributed by atoms with Crippen LogP contribution in [-0.4, -0.2) is 17.6 Å². The van der Waals surface area contributed by atoms with E-state index in [1.54, 1.807) is 36.1 Å². The number of amides is 1. The summed E-state index contributed by atoms with van der Waals surface area (Å²) in [5.41, 5.74) is 1.35. The zero-order valence-corrected chi connectivity index (χ0v) is 12.7. The fraction of sp³-hybridized carbons (Fsp3) is 0.111. The molecule has 3 rings (SSSR count). The maximum Gasteiger partial charge on any atom is 0.244 e. The minimum atomic E-state index is -0.174. The molecule has 0 radical (unpaired) electrons. The van der Waals surface area contributed by atoms with E-state index in [1.807, 2.05) is 30.3 Å². The van der Waals surface area contributed by atoms with E-state index in [4.69, 9.17) is 4.74 Å². The number of nitrogens with zero attached hydrogens (tertiary/aromatic N) is 1. The van der Waals surface area contributed by atoms with Crippen LogP contribution in [0, 0.1) is 0 Å². The Hall–Kier alpha value is -3.08. The predicted octanol–water partition coefficient (Wildman–Crippen LogP) is 2.65. The van der Waals surface area contributed by atoms with Crippen LogP contribution in [0.3, 0.4) is 0 Å². The molecular formula is C18H16N2O3. The average Bonchev–Trinajstić information content (AvgIpc) is 2.58. The lowest BCUT2D eigenvalue weighted by molar-refractivity contribution is -0.116. The van der Waals surface area contributed by atoms with Crippen LogP contribution >= 0.6 is 0 Å². The zero-order valence-electron chi connectivity index (χ0n) is 12.7. The molecule has 0 bridgehead atoms. The summed E-state index contributed by atoms with van der Waals surface area (Å²) in [7, 11) is 1.58. The Morgan fingerprint density at radius 3 is 2.78 bits per heavy atom. The number of para-hydroxylation sites is 1. The van der Waals surface area contributed by atoms with Crippen LogP contribution in [-0.2, 0) is 11.3 Å². The van der Waals surface area contributed by atoms with Crippen molar-refractivity contribution in [1.29, 1.82) is 0 Å². The van der Waals surface area contributed by atoms with E-state index in [0.29, 0.717) is 16.8 Å². The highest BCUT2D eigenvalue weighted by Gasteiger charge is 2.07.